The molecule has 2 heterocycles. The number of nitrogens with zero attached hydrogens (tertiary/aromatic N) is 3. The number of methoxy groups -OCH3 is 1. The average molecular weight is 586 g/mol. The van der Waals surface area contributed by atoms with Gasteiger partial charge in [0.05, 0.1) is 26.6 Å². The molecule has 10 nitrogen and oxygen atoms in total. The molecule has 0 spiro atoms. The summed E-state index contributed by atoms with van der Waals surface area (Å²) in [5.41, 5.74) is 0.800. The van der Waals surface area contributed by atoms with Crippen LogP contribution in [0.1, 0.15) is 19.4 Å². The Bertz CT molecular complexity index is 1390. The summed E-state index contributed by atoms with van der Waals surface area (Å²) in [5, 5.41) is 5.74. The molecule has 1 aliphatic heterocycles. The van der Waals surface area contributed by atoms with E-state index in [9.17, 15) is 18.8 Å². The lowest BCUT2D eigenvalue weighted by molar-refractivity contribution is -0.137. The first kappa shape index (κ1) is 29.9. The van der Waals surface area contributed by atoms with E-state index in [0.717, 1.165) is 5.56 Å². The van der Waals surface area contributed by atoms with Crippen molar-refractivity contribution >= 4 is 29.3 Å². The van der Waals surface area contributed by atoms with E-state index in [2.05, 4.69) is 15.6 Å². The third kappa shape index (κ3) is 7.35. The molecule has 12 heteroatoms. The van der Waals surface area contributed by atoms with Crippen molar-refractivity contribution in [3.05, 3.63) is 65.2 Å². The van der Waals surface area contributed by atoms with Crippen molar-refractivity contribution in [3.63, 3.8) is 0 Å². The number of imidazole rings is 1. The summed E-state index contributed by atoms with van der Waals surface area (Å²) in [4.78, 5) is 45.2. The van der Waals surface area contributed by atoms with Gasteiger partial charge in [0.15, 0.2) is 11.5 Å². The second-order valence-corrected chi connectivity index (χ2v) is 10.3. The molecular weight excluding hydrogens is 553 g/mol. The standard InChI is InChI=1S/C29H33ClFN5O5/c1-18(2)27-29(39)33-10-12-35-11-9-32-28(35)19-7-8-23(40-3)24(15-19)41-14-13-36(17-25(37)34-27)26(38)16-20-21(30)5-4-6-22(20)31/h4-9,11,15,18,27H,10,12-14,16-17H2,1-3H3,(H,33,39)(H,34,37)/t27-/m1/s1. The average Bonchev–Trinajstić information content (AvgIpc) is 3.41. The first-order valence-electron chi connectivity index (χ1n) is 13.3. The highest BCUT2D eigenvalue weighted by atomic mass is 35.5. The molecule has 1 aliphatic rings. The van der Waals surface area contributed by atoms with Crippen molar-refractivity contribution in [1.82, 2.24) is 25.1 Å². The quantitative estimate of drug-likeness (QED) is 0.486. The summed E-state index contributed by atoms with van der Waals surface area (Å²) < 4.78 is 27.8. The molecular formula is C29H33ClFN5O5. The molecule has 3 amide bonds. The van der Waals surface area contributed by atoms with E-state index in [-0.39, 0.29) is 48.5 Å². The number of fused-ring (bicyclic) bond motifs is 4. The molecule has 1 aromatic heterocycles. The minimum Gasteiger partial charge on any atom is -0.493 e. The molecule has 4 rings (SSSR count). The zero-order valence-electron chi connectivity index (χ0n) is 23.2. The molecule has 0 saturated heterocycles. The van der Waals surface area contributed by atoms with Crippen LogP contribution in [0.2, 0.25) is 5.02 Å². The molecule has 0 unspecified atom stereocenters. The first-order valence-corrected chi connectivity index (χ1v) is 13.7. The number of amides is 3. The monoisotopic (exact) mass is 585 g/mol. The van der Waals surface area contributed by atoms with Crippen LogP contribution in [0.15, 0.2) is 48.8 Å². The van der Waals surface area contributed by atoms with Crippen LogP contribution in [0, 0.1) is 11.7 Å². The van der Waals surface area contributed by atoms with Gasteiger partial charge in [0, 0.05) is 41.6 Å². The van der Waals surface area contributed by atoms with E-state index >= 15 is 0 Å². The third-order valence-electron chi connectivity index (χ3n) is 6.75. The van der Waals surface area contributed by atoms with Crippen molar-refractivity contribution in [3.8, 4) is 22.9 Å². The zero-order chi connectivity index (χ0) is 29.5. The van der Waals surface area contributed by atoms with Gasteiger partial charge < -0.3 is 29.6 Å². The lowest BCUT2D eigenvalue weighted by Gasteiger charge is -2.26. The fourth-order valence-corrected chi connectivity index (χ4v) is 4.77. The van der Waals surface area contributed by atoms with Gasteiger partial charge in [-0.1, -0.05) is 31.5 Å². The second-order valence-electron chi connectivity index (χ2n) is 9.93. The topological polar surface area (TPSA) is 115 Å². The minimum absolute atomic E-state index is 0.00112. The molecule has 2 bridgehead atoms. The van der Waals surface area contributed by atoms with Crippen LogP contribution in [0.3, 0.4) is 0 Å². The van der Waals surface area contributed by atoms with Gasteiger partial charge in [0.2, 0.25) is 17.7 Å². The van der Waals surface area contributed by atoms with Crippen LogP contribution in [-0.4, -0.2) is 71.6 Å². The number of halogens is 2. The Kier molecular flexibility index (Phi) is 9.82. The predicted octanol–water partition coefficient (Wildman–Crippen LogP) is 3.07. The Morgan fingerprint density at radius 2 is 2.05 bits per heavy atom. The molecule has 0 aliphatic carbocycles. The Labute approximate surface area is 242 Å². The predicted molar refractivity (Wildman–Crippen MR) is 151 cm³/mol. The van der Waals surface area contributed by atoms with Gasteiger partial charge in [-0.3, -0.25) is 14.4 Å². The van der Waals surface area contributed by atoms with Gasteiger partial charge in [-0.25, -0.2) is 9.37 Å². The van der Waals surface area contributed by atoms with E-state index in [0.29, 0.717) is 30.4 Å². The van der Waals surface area contributed by atoms with Crippen LogP contribution < -0.4 is 20.1 Å². The van der Waals surface area contributed by atoms with Crippen molar-refractivity contribution in [2.24, 2.45) is 5.92 Å². The van der Waals surface area contributed by atoms with Gasteiger partial charge in [-0.15, -0.1) is 0 Å². The largest absolute Gasteiger partial charge is 0.493 e. The Balaban J connectivity index is 1.65. The number of carbonyl (C=O) groups is 3. The van der Waals surface area contributed by atoms with E-state index in [1.165, 1.54) is 30.2 Å². The molecule has 1 atom stereocenters. The molecule has 41 heavy (non-hydrogen) atoms. The third-order valence-corrected chi connectivity index (χ3v) is 7.10. The highest BCUT2D eigenvalue weighted by Crippen LogP contribution is 2.32. The highest BCUT2D eigenvalue weighted by molar-refractivity contribution is 6.31. The number of aromatic nitrogens is 2. The molecule has 0 fully saturated rings. The normalized spacial score (nSPS) is 16.7. The van der Waals surface area contributed by atoms with Gasteiger partial charge in [-0.2, -0.15) is 0 Å². The summed E-state index contributed by atoms with van der Waals surface area (Å²) in [6.07, 6.45) is 3.13. The van der Waals surface area contributed by atoms with Crippen molar-refractivity contribution < 1.29 is 28.2 Å². The van der Waals surface area contributed by atoms with E-state index in [4.69, 9.17) is 21.1 Å². The SMILES string of the molecule is COc1ccc2cc1OCCN(C(=O)Cc1c(F)cccc1Cl)CC(=O)N[C@H](C(C)C)C(=O)NCCn1ccnc1-2. The van der Waals surface area contributed by atoms with E-state index in [1.807, 2.05) is 30.7 Å². The maximum Gasteiger partial charge on any atom is 0.242 e. The number of nitrogens with one attached hydrogen (secondary N) is 2. The van der Waals surface area contributed by atoms with Gasteiger partial charge in [-0.05, 0) is 36.2 Å². The number of benzene rings is 2. The number of carbonyl (C=O) groups excluding carboxylic acids is 3. The van der Waals surface area contributed by atoms with E-state index in [1.54, 1.807) is 18.3 Å². The molecule has 0 radical (unpaired) electrons. The molecule has 3 aromatic rings. The van der Waals surface area contributed by atoms with Crippen LogP contribution >= 0.6 is 11.6 Å². The summed E-state index contributed by atoms with van der Waals surface area (Å²) in [7, 11) is 1.52. The first-order chi connectivity index (χ1) is 19.7. The zero-order valence-corrected chi connectivity index (χ0v) is 23.9. The van der Waals surface area contributed by atoms with Crippen LogP contribution in [0.5, 0.6) is 11.5 Å². The van der Waals surface area contributed by atoms with Gasteiger partial charge in [0.25, 0.3) is 0 Å². The van der Waals surface area contributed by atoms with Crippen LogP contribution in [0.4, 0.5) is 4.39 Å². The van der Waals surface area contributed by atoms with Crippen LogP contribution in [-0.2, 0) is 27.3 Å². The second kappa shape index (κ2) is 13.5. The van der Waals surface area contributed by atoms with Gasteiger partial charge in [0.1, 0.15) is 24.3 Å². The minimum atomic E-state index is -0.825. The van der Waals surface area contributed by atoms with Crippen molar-refractivity contribution in [1.29, 1.82) is 0 Å². The molecule has 2 aromatic carbocycles. The summed E-state index contributed by atoms with van der Waals surface area (Å²) >= 11 is 6.15. The number of hydrogen-bond acceptors (Lipinski definition) is 6. The lowest BCUT2D eigenvalue weighted by atomic mass is 10.0. The lowest BCUT2D eigenvalue weighted by Crippen LogP contribution is -2.53. The maximum atomic E-state index is 14.5. The molecule has 218 valence electrons. The summed E-state index contributed by atoms with van der Waals surface area (Å²) in [6.45, 7) is 4.02. The van der Waals surface area contributed by atoms with E-state index < -0.39 is 23.7 Å². The highest BCUT2D eigenvalue weighted by Gasteiger charge is 2.27. The smallest absolute Gasteiger partial charge is 0.242 e. The Hall–Kier alpha value is -4.12. The maximum absolute atomic E-state index is 14.5. The fraction of sp³-hybridized carbons (Fsp3) is 0.379. The van der Waals surface area contributed by atoms with Crippen LogP contribution in [0.25, 0.3) is 11.4 Å². The van der Waals surface area contributed by atoms with Crippen molar-refractivity contribution in [2.45, 2.75) is 32.9 Å². The van der Waals surface area contributed by atoms with Gasteiger partial charge >= 0.3 is 0 Å². The summed E-state index contributed by atoms with van der Waals surface area (Å²) in [5.74, 6) is -0.670. The molecule has 2 N–H and O–H groups in total. The van der Waals surface area contributed by atoms with Crippen molar-refractivity contribution in [2.75, 3.05) is 33.4 Å². The molecule has 0 saturated carbocycles. The number of hydrogen-bond donors (Lipinski definition) is 2. The number of rotatable bonds is 4. The Morgan fingerprint density at radius 1 is 1.24 bits per heavy atom. The summed E-state index contributed by atoms with van der Waals surface area (Å²) in [6, 6.07) is 8.72. The Morgan fingerprint density at radius 3 is 2.78 bits per heavy atom. The fourth-order valence-electron chi connectivity index (χ4n) is 4.54. The number of ether oxygens (including phenoxy) is 2.